The Bertz CT molecular complexity index is 717. The predicted octanol–water partition coefficient (Wildman–Crippen LogP) is 3.24. The number of nitrogens with zero attached hydrogens (tertiary/aromatic N) is 2. The second-order valence-electron chi connectivity index (χ2n) is 6.18. The first-order chi connectivity index (χ1) is 10.6. The van der Waals surface area contributed by atoms with Gasteiger partial charge in [0.05, 0.1) is 0 Å². The summed E-state index contributed by atoms with van der Waals surface area (Å²) in [6.07, 6.45) is 5.18. The smallest absolute Gasteiger partial charge is 0.242 e. The second kappa shape index (κ2) is 5.95. The van der Waals surface area contributed by atoms with Gasteiger partial charge in [-0.2, -0.15) is 0 Å². The molecule has 116 valence electrons. The fourth-order valence-corrected chi connectivity index (χ4v) is 3.36. The van der Waals surface area contributed by atoms with Gasteiger partial charge in [-0.1, -0.05) is 18.2 Å². The number of aromatic nitrogens is 1. The first kappa shape index (κ1) is 14.8. The van der Waals surface area contributed by atoms with Crippen LogP contribution in [0, 0.1) is 0 Å². The molecule has 1 saturated heterocycles. The van der Waals surface area contributed by atoms with Crippen molar-refractivity contribution in [3.8, 4) is 0 Å². The van der Waals surface area contributed by atoms with Gasteiger partial charge in [-0.05, 0) is 39.2 Å². The summed E-state index contributed by atoms with van der Waals surface area (Å²) in [5.41, 5.74) is 1.64. The molecule has 0 N–H and O–H groups in total. The number of fused-ring (bicyclic) bond motifs is 1. The molecular formula is C18H22N2O2. The number of benzene rings is 1. The minimum absolute atomic E-state index is 0.0359. The van der Waals surface area contributed by atoms with Crippen molar-refractivity contribution >= 4 is 22.6 Å². The largest absolute Gasteiger partial charge is 0.338 e. The van der Waals surface area contributed by atoms with E-state index in [1.807, 2.05) is 39.9 Å². The lowest BCUT2D eigenvalue weighted by Crippen LogP contribution is -2.43. The SMILES string of the molecule is CC(=O)c1cn(CC(=O)N2CCCC[C@@H]2C)c2ccccc12. The average molecular weight is 298 g/mol. The number of hydrogen-bond donors (Lipinski definition) is 0. The minimum atomic E-state index is 0.0359. The quantitative estimate of drug-likeness (QED) is 0.816. The highest BCUT2D eigenvalue weighted by molar-refractivity contribution is 6.07. The molecule has 1 atom stereocenters. The van der Waals surface area contributed by atoms with Crippen LogP contribution in [0.5, 0.6) is 0 Å². The highest BCUT2D eigenvalue weighted by atomic mass is 16.2. The summed E-state index contributed by atoms with van der Waals surface area (Å²) >= 11 is 0. The third kappa shape index (κ3) is 2.65. The summed E-state index contributed by atoms with van der Waals surface area (Å²) in [4.78, 5) is 26.4. The Labute approximate surface area is 130 Å². The summed E-state index contributed by atoms with van der Waals surface area (Å²) < 4.78 is 1.91. The molecule has 1 aliphatic heterocycles. The zero-order chi connectivity index (χ0) is 15.7. The molecule has 22 heavy (non-hydrogen) atoms. The Hall–Kier alpha value is -2.10. The Morgan fingerprint density at radius 2 is 2.00 bits per heavy atom. The van der Waals surface area contributed by atoms with Crippen molar-refractivity contribution < 1.29 is 9.59 Å². The Balaban J connectivity index is 1.90. The van der Waals surface area contributed by atoms with Gasteiger partial charge in [-0.3, -0.25) is 9.59 Å². The van der Waals surface area contributed by atoms with Crippen LogP contribution in [0.15, 0.2) is 30.5 Å². The maximum Gasteiger partial charge on any atom is 0.242 e. The van der Waals surface area contributed by atoms with Crippen LogP contribution in [0.1, 0.15) is 43.5 Å². The van der Waals surface area contributed by atoms with Crippen LogP contribution < -0.4 is 0 Å². The van der Waals surface area contributed by atoms with E-state index in [0.29, 0.717) is 18.2 Å². The second-order valence-corrected chi connectivity index (χ2v) is 6.18. The van der Waals surface area contributed by atoms with Gasteiger partial charge in [-0.25, -0.2) is 0 Å². The van der Waals surface area contributed by atoms with E-state index in [1.165, 1.54) is 6.42 Å². The van der Waals surface area contributed by atoms with Gasteiger partial charge in [0.15, 0.2) is 5.78 Å². The highest BCUT2D eigenvalue weighted by Crippen LogP contribution is 2.23. The van der Waals surface area contributed by atoms with E-state index in [4.69, 9.17) is 0 Å². The van der Waals surface area contributed by atoms with Gasteiger partial charge in [0, 0.05) is 35.2 Å². The number of carbonyl (C=O) groups is 2. The number of hydrogen-bond acceptors (Lipinski definition) is 2. The molecule has 0 aliphatic carbocycles. The lowest BCUT2D eigenvalue weighted by atomic mass is 10.0. The first-order valence-corrected chi connectivity index (χ1v) is 7.96. The third-order valence-electron chi connectivity index (χ3n) is 4.60. The molecule has 1 aliphatic rings. The van der Waals surface area contributed by atoms with Crippen molar-refractivity contribution in [1.29, 1.82) is 0 Å². The monoisotopic (exact) mass is 298 g/mol. The maximum absolute atomic E-state index is 12.6. The van der Waals surface area contributed by atoms with Gasteiger partial charge < -0.3 is 9.47 Å². The van der Waals surface area contributed by atoms with E-state index < -0.39 is 0 Å². The molecule has 0 saturated carbocycles. The molecule has 0 bridgehead atoms. The number of piperidine rings is 1. The van der Waals surface area contributed by atoms with E-state index in [-0.39, 0.29) is 11.7 Å². The van der Waals surface area contributed by atoms with Crippen molar-refractivity contribution in [3.05, 3.63) is 36.0 Å². The van der Waals surface area contributed by atoms with Crippen molar-refractivity contribution in [2.24, 2.45) is 0 Å². The van der Waals surface area contributed by atoms with Crippen LogP contribution in [0.25, 0.3) is 10.9 Å². The number of para-hydroxylation sites is 1. The summed E-state index contributed by atoms with van der Waals surface area (Å²) in [5, 5.41) is 0.925. The van der Waals surface area contributed by atoms with E-state index in [2.05, 4.69) is 6.92 Å². The molecular weight excluding hydrogens is 276 g/mol. The number of carbonyl (C=O) groups excluding carboxylic acids is 2. The van der Waals surface area contributed by atoms with E-state index >= 15 is 0 Å². The van der Waals surface area contributed by atoms with E-state index in [1.54, 1.807) is 6.92 Å². The molecule has 0 spiro atoms. The molecule has 2 aromatic rings. The highest BCUT2D eigenvalue weighted by Gasteiger charge is 2.24. The number of Topliss-reactive ketones (excluding diaryl/α,β-unsaturated/α-hetero) is 1. The Kier molecular flexibility index (Phi) is 4.01. The van der Waals surface area contributed by atoms with Crippen LogP contribution >= 0.6 is 0 Å². The van der Waals surface area contributed by atoms with E-state index in [0.717, 1.165) is 30.3 Å². The number of rotatable bonds is 3. The number of likely N-dealkylation sites (tertiary alicyclic amines) is 1. The molecule has 1 aromatic carbocycles. The Morgan fingerprint density at radius 1 is 1.23 bits per heavy atom. The van der Waals surface area contributed by atoms with Gasteiger partial charge in [0.25, 0.3) is 0 Å². The molecule has 4 heteroatoms. The topological polar surface area (TPSA) is 42.3 Å². The molecule has 1 aromatic heterocycles. The van der Waals surface area contributed by atoms with Crippen LogP contribution in [0.4, 0.5) is 0 Å². The van der Waals surface area contributed by atoms with Crippen LogP contribution in [0.3, 0.4) is 0 Å². The third-order valence-corrected chi connectivity index (χ3v) is 4.60. The molecule has 3 rings (SSSR count). The van der Waals surface area contributed by atoms with Gasteiger partial charge in [-0.15, -0.1) is 0 Å². The first-order valence-electron chi connectivity index (χ1n) is 7.96. The summed E-state index contributed by atoms with van der Waals surface area (Å²) in [6, 6.07) is 8.09. The molecule has 2 heterocycles. The summed E-state index contributed by atoms with van der Waals surface area (Å²) in [7, 11) is 0. The summed E-state index contributed by atoms with van der Waals surface area (Å²) in [5.74, 6) is 0.178. The lowest BCUT2D eigenvalue weighted by Gasteiger charge is -2.33. The van der Waals surface area contributed by atoms with Gasteiger partial charge in [0.2, 0.25) is 5.91 Å². The van der Waals surface area contributed by atoms with Crippen molar-refractivity contribution in [2.45, 2.75) is 45.7 Å². The number of ketones is 1. The zero-order valence-corrected chi connectivity index (χ0v) is 13.2. The fraction of sp³-hybridized carbons (Fsp3) is 0.444. The van der Waals surface area contributed by atoms with Crippen molar-refractivity contribution in [2.75, 3.05) is 6.54 Å². The van der Waals surface area contributed by atoms with E-state index in [9.17, 15) is 9.59 Å². The normalized spacial score (nSPS) is 18.6. The molecule has 1 fully saturated rings. The number of amides is 1. The van der Waals surface area contributed by atoms with Crippen LogP contribution in [0.2, 0.25) is 0 Å². The van der Waals surface area contributed by atoms with Crippen molar-refractivity contribution in [1.82, 2.24) is 9.47 Å². The zero-order valence-electron chi connectivity index (χ0n) is 13.2. The molecule has 4 nitrogen and oxygen atoms in total. The van der Waals surface area contributed by atoms with Gasteiger partial charge in [0.1, 0.15) is 6.54 Å². The van der Waals surface area contributed by atoms with Crippen LogP contribution in [-0.4, -0.2) is 33.7 Å². The lowest BCUT2D eigenvalue weighted by molar-refractivity contribution is -0.135. The minimum Gasteiger partial charge on any atom is -0.338 e. The summed E-state index contributed by atoms with van der Waals surface area (Å²) in [6.45, 7) is 4.84. The molecule has 0 radical (unpaired) electrons. The van der Waals surface area contributed by atoms with Gasteiger partial charge >= 0.3 is 0 Å². The van der Waals surface area contributed by atoms with Crippen molar-refractivity contribution in [3.63, 3.8) is 0 Å². The molecule has 1 amide bonds. The molecule has 0 unspecified atom stereocenters. The maximum atomic E-state index is 12.6. The van der Waals surface area contributed by atoms with Crippen LogP contribution in [-0.2, 0) is 11.3 Å². The Morgan fingerprint density at radius 3 is 2.73 bits per heavy atom. The average Bonchev–Trinajstić information content (AvgIpc) is 2.87. The predicted molar refractivity (Wildman–Crippen MR) is 87.0 cm³/mol. The fourth-order valence-electron chi connectivity index (χ4n) is 3.36. The standard InChI is InChI=1S/C18H22N2O2/c1-13-7-5-6-10-20(13)18(22)12-19-11-16(14(2)21)15-8-3-4-9-17(15)19/h3-4,8-9,11,13H,5-7,10,12H2,1-2H3/t13-/m0/s1.